The second kappa shape index (κ2) is 3.93. The summed E-state index contributed by atoms with van der Waals surface area (Å²) >= 11 is 5.85. The minimum absolute atomic E-state index is 0.522. The number of hydrogen-bond acceptors (Lipinski definition) is 1. The van der Waals surface area contributed by atoms with Crippen LogP contribution in [0.2, 0.25) is 5.15 Å². The second-order valence-electron chi connectivity index (χ2n) is 4.59. The Morgan fingerprint density at radius 2 is 2.16 bits per heavy atom. The molecule has 3 aliphatic rings. The molecular weight excluding hydrogens is 258 g/mol. The van der Waals surface area contributed by atoms with E-state index in [-0.39, 0.29) is 0 Å². The van der Waals surface area contributed by atoms with Crippen molar-refractivity contribution in [2.45, 2.75) is 6.54 Å². The van der Waals surface area contributed by atoms with Crippen molar-refractivity contribution in [2.24, 2.45) is 0 Å². The van der Waals surface area contributed by atoms with Crippen molar-refractivity contribution in [3.05, 3.63) is 54.0 Å². The molecule has 0 amide bonds. The molecule has 0 atom stereocenters. The van der Waals surface area contributed by atoms with Crippen molar-refractivity contribution in [1.29, 1.82) is 0 Å². The first kappa shape index (κ1) is 10.8. The van der Waals surface area contributed by atoms with Crippen LogP contribution in [0.5, 0.6) is 0 Å². The van der Waals surface area contributed by atoms with E-state index in [0.29, 0.717) is 5.15 Å². The standard InChI is InChI=1S/C15H11ClN3/c16-14-5-4-12(10-17-14)13-9-11-3-1-6-18-7-2-8-19(13)15(11)18/h1-7,9-10H,8H2/q+1. The molecule has 0 aliphatic carbocycles. The van der Waals surface area contributed by atoms with Gasteiger partial charge in [-0.1, -0.05) is 11.6 Å². The normalized spacial score (nSPS) is 13.1. The van der Waals surface area contributed by atoms with E-state index in [0.717, 1.165) is 12.1 Å². The molecule has 0 saturated carbocycles. The van der Waals surface area contributed by atoms with E-state index in [1.165, 1.54) is 17.1 Å². The van der Waals surface area contributed by atoms with Crippen molar-refractivity contribution < 1.29 is 4.57 Å². The van der Waals surface area contributed by atoms with Gasteiger partial charge in [0.1, 0.15) is 17.4 Å². The van der Waals surface area contributed by atoms with E-state index < -0.39 is 0 Å². The van der Waals surface area contributed by atoms with Crippen LogP contribution >= 0.6 is 11.6 Å². The molecule has 0 spiro atoms. The molecule has 0 unspecified atom stereocenters. The van der Waals surface area contributed by atoms with Crippen LogP contribution in [0.1, 0.15) is 0 Å². The molecule has 1 aromatic rings. The summed E-state index contributed by atoms with van der Waals surface area (Å²) in [5, 5.41) is 0.522. The maximum absolute atomic E-state index is 5.85. The Morgan fingerprint density at radius 3 is 3.00 bits per heavy atom. The van der Waals surface area contributed by atoms with Crippen molar-refractivity contribution in [1.82, 2.24) is 9.55 Å². The highest BCUT2D eigenvalue weighted by Crippen LogP contribution is 2.28. The number of aromatic nitrogens is 3. The first-order valence-corrected chi connectivity index (χ1v) is 6.53. The lowest BCUT2D eigenvalue weighted by atomic mass is 10.2. The fraction of sp³-hybridized carbons (Fsp3) is 0.0667. The van der Waals surface area contributed by atoms with Crippen molar-refractivity contribution in [2.75, 3.05) is 0 Å². The molecule has 1 aromatic heterocycles. The molecule has 0 aromatic carbocycles. The van der Waals surface area contributed by atoms with Crippen molar-refractivity contribution in [3.63, 3.8) is 0 Å². The van der Waals surface area contributed by atoms with Crippen LogP contribution in [0.15, 0.2) is 48.8 Å². The van der Waals surface area contributed by atoms with Crippen LogP contribution < -0.4 is 4.57 Å². The largest absolute Gasteiger partial charge is 0.294 e. The van der Waals surface area contributed by atoms with Gasteiger partial charge in [-0.15, -0.1) is 0 Å². The Labute approximate surface area is 115 Å². The maximum atomic E-state index is 5.85. The number of nitrogens with zero attached hydrogens (tertiary/aromatic N) is 3. The Bertz CT molecular complexity index is 756. The summed E-state index contributed by atoms with van der Waals surface area (Å²) in [4.78, 5) is 4.17. The van der Waals surface area contributed by atoms with Crippen LogP contribution in [0.4, 0.5) is 0 Å². The average molecular weight is 269 g/mol. The quantitative estimate of drug-likeness (QED) is 0.491. The Kier molecular flexibility index (Phi) is 2.23. The van der Waals surface area contributed by atoms with Gasteiger partial charge in [0.25, 0.3) is 5.82 Å². The van der Waals surface area contributed by atoms with Crippen LogP contribution in [0.3, 0.4) is 0 Å². The van der Waals surface area contributed by atoms with Crippen LogP contribution in [-0.2, 0) is 6.54 Å². The Balaban J connectivity index is 2.00. The zero-order valence-corrected chi connectivity index (χ0v) is 10.9. The van der Waals surface area contributed by atoms with Gasteiger partial charge in [-0.25, -0.2) is 14.1 Å². The molecule has 3 aliphatic heterocycles. The Hall–Kier alpha value is -2.13. The van der Waals surface area contributed by atoms with Gasteiger partial charge in [-0.05, 0) is 30.3 Å². The summed E-state index contributed by atoms with van der Waals surface area (Å²) in [6, 6.07) is 10.2. The molecule has 4 rings (SSSR count). The fourth-order valence-corrected chi connectivity index (χ4v) is 2.73. The molecule has 0 saturated heterocycles. The summed E-state index contributed by atoms with van der Waals surface area (Å²) in [6.07, 6.45) is 8.15. The monoisotopic (exact) mass is 268 g/mol. The van der Waals surface area contributed by atoms with Crippen LogP contribution in [-0.4, -0.2) is 9.55 Å². The summed E-state index contributed by atoms with van der Waals surface area (Å²) < 4.78 is 4.44. The van der Waals surface area contributed by atoms with Gasteiger partial charge in [-0.2, -0.15) is 0 Å². The third kappa shape index (κ3) is 1.59. The highest BCUT2D eigenvalue weighted by molar-refractivity contribution is 6.29. The smallest absolute Gasteiger partial charge is 0.244 e. The lowest BCUT2D eigenvalue weighted by molar-refractivity contribution is -0.666. The fourth-order valence-electron chi connectivity index (χ4n) is 2.62. The number of hydrogen-bond donors (Lipinski definition) is 0. The van der Waals surface area contributed by atoms with E-state index in [4.69, 9.17) is 11.6 Å². The minimum Gasteiger partial charge on any atom is -0.244 e. The molecule has 0 N–H and O–H groups in total. The zero-order valence-electron chi connectivity index (χ0n) is 10.1. The Morgan fingerprint density at radius 1 is 1.21 bits per heavy atom. The highest BCUT2D eigenvalue weighted by atomic mass is 35.5. The van der Waals surface area contributed by atoms with Gasteiger partial charge in [0, 0.05) is 17.8 Å². The molecule has 3 nitrogen and oxygen atoms in total. The summed E-state index contributed by atoms with van der Waals surface area (Å²) in [5.41, 5.74) is 3.49. The van der Waals surface area contributed by atoms with E-state index in [2.05, 4.69) is 50.8 Å². The first-order chi connectivity index (χ1) is 9.33. The molecule has 0 radical (unpaired) electrons. The van der Waals surface area contributed by atoms with Crippen molar-refractivity contribution in [3.8, 4) is 22.6 Å². The van der Waals surface area contributed by atoms with E-state index in [9.17, 15) is 0 Å². The highest BCUT2D eigenvalue weighted by Gasteiger charge is 2.27. The van der Waals surface area contributed by atoms with E-state index in [1.54, 1.807) is 0 Å². The molecule has 0 bridgehead atoms. The SMILES string of the molecule is Clc1ccc(-c2cc3cccn4c-3[n+]2CC=C4)cn1. The van der Waals surface area contributed by atoms with Crippen molar-refractivity contribution >= 4 is 17.8 Å². The summed E-state index contributed by atoms with van der Waals surface area (Å²) in [6.45, 7) is 0.880. The lowest BCUT2D eigenvalue weighted by Crippen LogP contribution is -2.38. The molecule has 92 valence electrons. The number of halogens is 1. The first-order valence-electron chi connectivity index (χ1n) is 6.15. The van der Waals surface area contributed by atoms with Gasteiger partial charge in [-0.3, -0.25) is 0 Å². The van der Waals surface area contributed by atoms with Gasteiger partial charge in [0.2, 0.25) is 0 Å². The van der Waals surface area contributed by atoms with Gasteiger partial charge < -0.3 is 0 Å². The predicted octanol–water partition coefficient (Wildman–Crippen LogP) is 3.08. The number of allylic oxidation sites excluding steroid dienone is 1. The molecule has 0 fully saturated rings. The third-order valence-electron chi connectivity index (χ3n) is 3.44. The van der Waals surface area contributed by atoms with Gasteiger partial charge >= 0.3 is 0 Å². The summed E-state index contributed by atoms with van der Waals surface area (Å²) in [7, 11) is 0. The van der Waals surface area contributed by atoms with E-state index in [1.807, 2.05) is 18.3 Å². The summed E-state index contributed by atoms with van der Waals surface area (Å²) in [5.74, 6) is 1.22. The van der Waals surface area contributed by atoms with Gasteiger partial charge in [0.05, 0.1) is 18.0 Å². The van der Waals surface area contributed by atoms with Crippen LogP contribution in [0, 0.1) is 0 Å². The third-order valence-corrected chi connectivity index (χ3v) is 3.66. The zero-order chi connectivity index (χ0) is 12.8. The number of pyridine rings is 2. The molecule has 4 heterocycles. The van der Waals surface area contributed by atoms with Gasteiger partial charge in [0.15, 0.2) is 0 Å². The number of rotatable bonds is 1. The van der Waals surface area contributed by atoms with E-state index >= 15 is 0 Å². The predicted molar refractivity (Wildman–Crippen MR) is 74.8 cm³/mol. The lowest BCUT2D eigenvalue weighted by Gasteiger charge is -2.09. The topological polar surface area (TPSA) is 21.7 Å². The minimum atomic E-state index is 0.522. The second-order valence-corrected chi connectivity index (χ2v) is 4.98. The molecule has 4 heteroatoms. The molecule has 19 heavy (non-hydrogen) atoms. The average Bonchev–Trinajstić information content (AvgIpc) is 2.82. The maximum Gasteiger partial charge on any atom is 0.294 e. The van der Waals surface area contributed by atoms with Crippen LogP contribution in [0.25, 0.3) is 28.8 Å². The molecular formula is C15H11ClN3+.